The van der Waals surface area contributed by atoms with Crippen molar-refractivity contribution in [3.8, 4) is 0 Å². The van der Waals surface area contributed by atoms with Gasteiger partial charge in [0.1, 0.15) is 0 Å². The molecule has 0 heterocycles. The summed E-state index contributed by atoms with van der Waals surface area (Å²) in [6.07, 6.45) is 13.9. The van der Waals surface area contributed by atoms with E-state index in [1.165, 1.54) is 64.2 Å². The number of unbranched alkanes of at least 4 members (excludes halogenated alkanes) is 9. The Morgan fingerprint density at radius 1 is 0.722 bits per heavy atom. The average molecular weight is 280 g/mol. The van der Waals surface area contributed by atoms with Crippen LogP contribution in [0.4, 0.5) is 0 Å². The standard InChI is InChI=1S/C15H33NO.ClH/c1-3-4-5-6-7-8-9-10-11-12-13-16(2)14-15-17;/h17H,3-15H2,1-2H3;1H. The van der Waals surface area contributed by atoms with Crippen LogP contribution in [0.25, 0.3) is 0 Å². The second kappa shape index (κ2) is 17.2. The van der Waals surface area contributed by atoms with Gasteiger partial charge < -0.3 is 10.0 Å². The van der Waals surface area contributed by atoms with Crippen LogP contribution in [-0.2, 0) is 0 Å². The van der Waals surface area contributed by atoms with Crippen molar-refractivity contribution >= 4 is 12.4 Å². The van der Waals surface area contributed by atoms with E-state index in [0.29, 0.717) is 0 Å². The molecule has 2 nitrogen and oxygen atoms in total. The van der Waals surface area contributed by atoms with Crippen LogP contribution in [-0.4, -0.2) is 36.8 Å². The van der Waals surface area contributed by atoms with E-state index in [4.69, 9.17) is 5.11 Å². The van der Waals surface area contributed by atoms with Gasteiger partial charge >= 0.3 is 0 Å². The highest BCUT2D eigenvalue weighted by molar-refractivity contribution is 5.85. The molecule has 0 saturated carbocycles. The van der Waals surface area contributed by atoms with Crippen LogP contribution in [0.3, 0.4) is 0 Å². The second-order valence-corrected chi connectivity index (χ2v) is 5.21. The van der Waals surface area contributed by atoms with Crippen LogP contribution in [0.1, 0.15) is 71.1 Å². The maximum Gasteiger partial charge on any atom is 0.0558 e. The van der Waals surface area contributed by atoms with Crippen LogP contribution in [0.2, 0.25) is 0 Å². The lowest BCUT2D eigenvalue weighted by atomic mass is 10.1. The van der Waals surface area contributed by atoms with Crippen LogP contribution in [0.15, 0.2) is 0 Å². The predicted octanol–water partition coefficient (Wildman–Crippen LogP) is 4.25. The van der Waals surface area contributed by atoms with Crippen molar-refractivity contribution < 1.29 is 5.11 Å². The van der Waals surface area contributed by atoms with Crippen molar-refractivity contribution in [2.75, 3.05) is 26.7 Å². The first-order valence-electron chi connectivity index (χ1n) is 7.60. The van der Waals surface area contributed by atoms with Gasteiger partial charge in [-0.3, -0.25) is 0 Å². The SMILES string of the molecule is CCCCCCCCCCCCN(C)CCO.Cl. The number of likely N-dealkylation sites (N-methyl/N-ethyl adjacent to an activating group) is 1. The lowest BCUT2D eigenvalue weighted by molar-refractivity contribution is 0.219. The Morgan fingerprint density at radius 3 is 1.61 bits per heavy atom. The molecule has 0 aromatic rings. The van der Waals surface area contributed by atoms with Gasteiger partial charge in [-0.25, -0.2) is 0 Å². The van der Waals surface area contributed by atoms with Crippen molar-refractivity contribution in [1.82, 2.24) is 4.90 Å². The van der Waals surface area contributed by atoms with E-state index in [0.717, 1.165) is 13.1 Å². The summed E-state index contributed by atoms with van der Waals surface area (Å²) < 4.78 is 0. The highest BCUT2D eigenvalue weighted by Gasteiger charge is 1.96. The Hall–Kier alpha value is 0.210. The fraction of sp³-hybridized carbons (Fsp3) is 1.00. The first kappa shape index (κ1) is 20.5. The van der Waals surface area contributed by atoms with E-state index in [2.05, 4.69) is 18.9 Å². The van der Waals surface area contributed by atoms with Crippen LogP contribution in [0, 0.1) is 0 Å². The number of halogens is 1. The molecule has 0 radical (unpaired) electrons. The third-order valence-electron chi connectivity index (χ3n) is 3.38. The van der Waals surface area contributed by atoms with Gasteiger partial charge in [-0.05, 0) is 20.0 Å². The minimum absolute atomic E-state index is 0. The molecular weight excluding hydrogens is 246 g/mol. The molecule has 3 heteroatoms. The molecule has 0 saturated heterocycles. The zero-order valence-corrected chi connectivity index (χ0v) is 13.3. The highest BCUT2D eigenvalue weighted by atomic mass is 35.5. The van der Waals surface area contributed by atoms with Gasteiger partial charge in [0.25, 0.3) is 0 Å². The summed E-state index contributed by atoms with van der Waals surface area (Å²) in [4.78, 5) is 2.21. The Balaban J connectivity index is 0. The van der Waals surface area contributed by atoms with Crippen LogP contribution >= 0.6 is 12.4 Å². The Bertz CT molecular complexity index is 144. The monoisotopic (exact) mass is 279 g/mol. The lowest BCUT2D eigenvalue weighted by Gasteiger charge is -2.14. The first-order chi connectivity index (χ1) is 8.31. The first-order valence-corrected chi connectivity index (χ1v) is 7.60. The highest BCUT2D eigenvalue weighted by Crippen LogP contribution is 2.10. The molecule has 0 aliphatic carbocycles. The fourth-order valence-corrected chi connectivity index (χ4v) is 2.15. The van der Waals surface area contributed by atoms with Gasteiger partial charge in [0.15, 0.2) is 0 Å². The maximum absolute atomic E-state index is 8.76. The summed E-state index contributed by atoms with van der Waals surface area (Å²) in [5.41, 5.74) is 0. The lowest BCUT2D eigenvalue weighted by Crippen LogP contribution is -2.23. The van der Waals surface area contributed by atoms with Gasteiger partial charge in [0.05, 0.1) is 6.61 Å². The van der Waals surface area contributed by atoms with Gasteiger partial charge in [0, 0.05) is 6.54 Å². The van der Waals surface area contributed by atoms with Crippen molar-refractivity contribution in [2.45, 2.75) is 71.1 Å². The summed E-state index contributed by atoms with van der Waals surface area (Å²) in [7, 11) is 2.09. The number of nitrogens with zero attached hydrogens (tertiary/aromatic N) is 1. The predicted molar refractivity (Wildman–Crippen MR) is 83.7 cm³/mol. The number of aliphatic hydroxyl groups is 1. The van der Waals surface area contributed by atoms with Crippen molar-refractivity contribution in [1.29, 1.82) is 0 Å². The smallest absolute Gasteiger partial charge is 0.0558 e. The molecule has 0 aromatic carbocycles. The normalized spacial score (nSPS) is 10.7. The molecule has 18 heavy (non-hydrogen) atoms. The molecule has 0 bridgehead atoms. The van der Waals surface area contributed by atoms with E-state index in [1.54, 1.807) is 0 Å². The van der Waals surface area contributed by atoms with Gasteiger partial charge in [-0.1, -0.05) is 64.7 Å². The van der Waals surface area contributed by atoms with Gasteiger partial charge in [0.2, 0.25) is 0 Å². The molecule has 0 aromatic heterocycles. The second-order valence-electron chi connectivity index (χ2n) is 5.21. The summed E-state index contributed by atoms with van der Waals surface area (Å²) in [5, 5.41) is 8.76. The van der Waals surface area contributed by atoms with Crippen LogP contribution in [0.5, 0.6) is 0 Å². The Morgan fingerprint density at radius 2 is 1.17 bits per heavy atom. The summed E-state index contributed by atoms with van der Waals surface area (Å²) in [6.45, 7) is 4.51. The quantitative estimate of drug-likeness (QED) is 0.510. The van der Waals surface area contributed by atoms with E-state index in [1.807, 2.05) is 0 Å². The molecule has 0 atom stereocenters. The number of aliphatic hydroxyl groups excluding tert-OH is 1. The van der Waals surface area contributed by atoms with E-state index >= 15 is 0 Å². The van der Waals surface area contributed by atoms with Crippen LogP contribution < -0.4 is 0 Å². The molecule has 0 rings (SSSR count). The molecular formula is C15H34ClNO. The molecule has 1 N–H and O–H groups in total. The summed E-state index contributed by atoms with van der Waals surface area (Å²) >= 11 is 0. The molecule has 0 aliphatic rings. The number of hydrogen-bond donors (Lipinski definition) is 1. The minimum Gasteiger partial charge on any atom is -0.395 e. The Labute approximate surface area is 121 Å². The Kier molecular flexibility index (Phi) is 19.6. The third-order valence-corrected chi connectivity index (χ3v) is 3.38. The van der Waals surface area contributed by atoms with E-state index < -0.39 is 0 Å². The number of hydrogen-bond acceptors (Lipinski definition) is 2. The molecule has 0 unspecified atom stereocenters. The molecule has 0 aliphatic heterocycles. The zero-order chi connectivity index (χ0) is 12.8. The van der Waals surface area contributed by atoms with E-state index in [-0.39, 0.29) is 19.0 Å². The number of rotatable bonds is 13. The zero-order valence-electron chi connectivity index (χ0n) is 12.5. The third kappa shape index (κ3) is 16.2. The maximum atomic E-state index is 8.76. The van der Waals surface area contributed by atoms with Gasteiger partial charge in [-0.2, -0.15) is 0 Å². The molecule has 0 fully saturated rings. The average Bonchev–Trinajstić information content (AvgIpc) is 2.32. The van der Waals surface area contributed by atoms with Crippen molar-refractivity contribution in [2.24, 2.45) is 0 Å². The summed E-state index contributed by atoms with van der Waals surface area (Å²) in [5.74, 6) is 0. The molecule has 112 valence electrons. The molecule has 0 spiro atoms. The van der Waals surface area contributed by atoms with Crippen molar-refractivity contribution in [3.05, 3.63) is 0 Å². The largest absolute Gasteiger partial charge is 0.395 e. The summed E-state index contributed by atoms with van der Waals surface area (Å²) in [6, 6.07) is 0. The molecule has 0 amide bonds. The van der Waals surface area contributed by atoms with Crippen molar-refractivity contribution in [3.63, 3.8) is 0 Å². The van der Waals surface area contributed by atoms with Gasteiger partial charge in [-0.15, -0.1) is 12.4 Å². The topological polar surface area (TPSA) is 23.5 Å². The fourth-order valence-electron chi connectivity index (χ4n) is 2.15. The van der Waals surface area contributed by atoms with E-state index in [9.17, 15) is 0 Å². The minimum atomic E-state index is 0.